The van der Waals surface area contributed by atoms with Gasteiger partial charge < -0.3 is 15.6 Å². The Morgan fingerprint density at radius 1 is 1.04 bits per heavy atom. The van der Waals surface area contributed by atoms with Gasteiger partial charge in [-0.05, 0) is 48.2 Å². The molecular formula is C21H23N3O2. The molecule has 134 valence electrons. The lowest BCUT2D eigenvalue weighted by Crippen LogP contribution is -2.22. The zero-order valence-corrected chi connectivity index (χ0v) is 14.8. The van der Waals surface area contributed by atoms with E-state index in [2.05, 4.69) is 22.5 Å². The topological polar surface area (TPSA) is 74.0 Å². The summed E-state index contributed by atoms with van der Waals surface area (Å²) in [4.78, 5) is 27.3. The molecule has 1 aromatic heterocycles. The van der Waals surface area contributed by atoms with Crippen molar-refractivity contribution in [2.75, 3.05) is 5.32 Å². The highest BCUT2D eigenvalue weighted by atomic mass is 16.2. The minimum atomic E-state index is -0.146. The van der Waals surface area contributed by atoms with Crippen LogP contribution in [0, 0.1) is 0 Å². The minimum Gasteiger partial charge on any atom is -0.357 e. The van der Waals surface area contributed by atoms with Crippen LogP contribution >= 0.6 is 0 Å². The third-order valence-corrected chi connectivity index (χ3v) is 4.21. The van der Waals surface area contributed by atoms with Gasteiger partial charge >= 0.3 is 0 Å². The Morgan fingerprint density at radius 3 is 2.54 bits per heavy atom. The first-order valence-corrected chi connectivity index (χ1v) is 8.90. The Morgan fingerprint density at radius 2 is 1.81 bits per heavy atom. The molecule has 3 aromatic rings. The van der Waals surface area contributed by atoms with Gasteiger partial charge in [-0.15, -0.1) is 0 Å². The van der Waals surface area contributed by atoms with E-state index in [9.17, 15) is 9.59 Å². The van der Waals surface area contributed by atoms with Crippen LogP contribution in [0.15, 0.2) is 54.6 Å². The summed E-state index contributed by atoms with van der Waals surface area (Å²) in [5, 5.41) is 6.87. The second-order valence-corrected chi connectivity index (χ2v) is 6.29. The summed E-state index contributed by atoms with van der Waals surface area (Å²) in [6, 6.07) is 17.0. The quantitative estimate of drug-likeness (QED) is 0.597. The molecule has 0 saturated heterocycles. The van der Waals surface area contributed by atoms with Gasteiger partial charge in [0.15, 0.2) is 0 Å². The van der Waals surface area contributed by atoms with E-state index in [1.54, 1.807) is 24.3 Å². The molecule has 3 N–H and O–H groups in total. The van der Waals surface area contributed by atoms with Crippen LogP contribution in [-0.2, 0) is 11.3 Å². The van der Waals surface area contributed by atoms with E-state index in [1.165, 1.54) is 0 Å². The van der Waals surface area contributed by atoms with Crippen LogP contribution in [-0.4, -0.2) is 16.8 Å². The lowest BCUT2D eigenvalue weighted by molar-refractivity contribution is -0.116. The number of para-hydroxylation sites is 1. The fourth-order valence-corrected chi connectivity index (χ4v) is 2.77. The van der Waals surface area contributed by atoms with Crippen LogP contribution in [0.4, 0.5) is 5.69 Å². The normalized spacial score (nSPS) is 10.7. The second-order valence-electron chi connectivity index (χ2n) is 6.29. The molecule has 1 heterocycles. The maximum Gasteiger partial charge on any atom is 0.251 e. The van der Waals surface area contributed by atoms with E-state index in [-0.39, 0.29) is 11.8 Å². The van der Waals surface area contributed by atoms with Gasteiger partial charge in [-0.1, -0.05) is 31.5 Å². The molecule has 2 amide bonds. The zero-order chi connectivity index (χ0) is 18.4. The summed E-state index contributed by atoms with van der Waals surface area (Å²) in [6.45, 7) is 2.49. The molecule has 0 bridgehead atoms. The number of carbonyl (C=O) groups is 2. The monoisotopic (exact) mass is 349 g/mol. The SMILES string of the molecule is CCCCC(=O)Nc1ccc(C(=O)NCc2cc3ccccc3[nH]2)cc1. The summed E-state index contributed by atoms with van der Waals surface area (Å²) in [5.74, 6) is -0.143. The number of rotatable bonds is 7. The van der Waals surface area contributed by atoms with Crippen molar-refractivity contribution in [1.82, 2.24) is 10.3 Å². The summed E-state index contributed by atoms with van der Waals surface area (Å²) in [7, 11) is 0. The number of aromatic amines is 1. The first kappa shape index (κ1) is 17.7. The van der Waals surface area contributed by atoms with Gasteiger partial charge in [0, 0.05) is 28.9 Å². The molecule has 0 radical (unpaired) electrons. The van der Waals surface area contributed by atoms with Gasteiger partial charge in [-0.3, -0.25) is 9.59 Å². The van der Waals surface area contributed by atoms with Crippen molar-refractivity contribution in [2.24, 2.45) is 0 Å². The van der Waals surface area contributed by atoms with Gasteiger partial charge in [-0.25, -0.2) is 0 Å². The van der Waals surface area contributed by atoms with Crippen molar-refractivity contribution in [1.29, 1.82) is 0 Å². The van der Waals surface area contributed by atoms with Gasteiger partial charge in [0.1, 0.15) is 0 Å². The lowest BCUT2D eigenvalue weighted by atomic mass is 10.2. The molecule has 3 rings (SSSR count). The van der Waals surface area contributed by atoms with Crippen LogP contribution in [0.3, 0.4) is 0 Å². The molecule has 0 atom stereocenters. The number of carbonyl (C=O) groups excluding carboxylic acids is 2. The predicted octanol–water partition coefficient (Wildman–Crippen LogP) is 4.23. The van der Waals surface area contributed by atoms with Crippen molar-refractivity contribution < 1.29 is 9.59 Å². The van der Waals surface area contributed by atoms with Crippen LogP contribution < -0.4 is 10.6 Å². The number of H-pyrrole nitrogens is 1. The van der Waals surface area contributed by atoms with Crippen molar-refractivity contribution in [3.05, 3.63) is 65.9 Å². The smallest absolute Gasteiger partial charge is 0.251 e. The third kappa shape index (κ3) is 4.51. The molecule has 0 aliphatic rings. The van der Waals surface area contributed by atoms with Gasteiger partial charge in [0.25, 0.3) is 5.91 Å². The van der Waals surface area contributed by atoms with E-state index >= 15 is 0 Å². The third-order valence-electron chi connectivity index (χ3n) is 4.21. The molecule has 0 aliphatic heterocycles. The highest BCUT2D eigenvalue weighted by Crippen LogP contribution is 2.15. The van der Waals surface area contributed by atoms with Gasteiger partial charge in [0.2, 0.25) is 5.91 Å². The molecular weight excluding hydrogens is 326 g/mol. The fourth-order valence-electron chi connectivity index (χ4n) is 2.77. The average Bonchev–Trinajstić information content (AvgIpc) is 3.08. The van der Waals surface area contributed by atoms with Gasteiger partial charge in [0.05, 0.1) is 6.54 Å². The van der Waals surface area contributed by atoms with E-state index in [4.69, 9.17) is 0 Å². The van der Waals surface area contributed by atoms with E-state index in [1.807, 2.05) is 30.3 Å². The van der Waals surface area contributed by atoms with E-state index in [0.717, 1.165) is 29.4 Å². The number of benzene rings is 2. The summed E-state index contributed by atoms with van der Waals surface area (Å²) in [5.41, 5.74) is 3.28. The molecule has 26 heavy (non-hydrogen) atoms. The Hall–Kier alpha value is -3.08. The number of unbranched alkanes of at least 4 members (excludes halogenated alkanes) is 1. The molecule has 5 heteroatoms. The molecule has 2 aromatic carbocycles. The van der Waals surface area contributed by atoms with Crippen LogP contribution in [0.25, 0.3) is 10.9 Å². The largest absolute Gasteiger partial charge is 0.357 e. The highest BCUT2D eigenvalue weighted by Gasteiger charge is 2.08. The standard InChI is InChI=1S/C21H23N3O2/c1-2-3-8-20(25)24-17-11-9-15(10-12-17)21(26)22-14-18-13-16-6-4-5-7-19(16)23-18/h4-7,9-13,23H,2-3,8,14H2,1H3,(H,22,26)(H,24,25). The lowest BCUT2D eigenvalue weighted by Gasteiger charge is -2.07. The number of hydrogen-bond donors (Lipinski definition) is 3. The summed E-state index contributed by atoms with van der Waals surface area (Å²) >= 11 is 0. The Bertz CT molecular complexity index is 864. The first-order valence-electron chi connectivity index (χ1n) is 8.90. The maximum absolute atomic E-state index is 12.3. The minimum absolute atomic E-state index is 0.00265. The van der Waals surface area contributed by atoms with Gasteiger partial charge in [-0.2, -0.15) is 0 Å². The van der Waals surface area contributed by atoms with Crippen molar-refractivity contribution in [3.8, 4) is 0 Å². The number of nitrogens with one attached hydrogen (secondary N) is 3. The van der Waals surface area contributed by atoms with Crippen molar-refractivity contribution in [3.63, 3.8) is 0 Å². The Labute approximate surface area is 152 Å². The predicted molar refractivity (Wildman–Crippen MR) is 104 cm³/mol. The van der Waals surface area contributed by atoms with Crippen molar-refractivity contribution >= 4 is 28.4 Å². The number of aromatic nitrogens is 1. The Balaban J connectivity index is 1.55. The van der Waals surface area contributed by atoms with Crippen LogP contribution in [0.2, 0.25) is 0 Å². The number of anilines is 1. The van der Waals surface area contributed by atoms with Crippen molar-refractivity contribution in [2.45, 2.75) is 32.7 Å². The average molecular weight is 349 g/mol. The maximum atomic E-state index is 12.3. The molecule has 0 saturated carbocycles. The van der Waals surface area contributed by atoms with E-state index < -0.39 is 0 Å². The zero-order valence-electron chi connectivity index (χ0n) is 14.8. The molecule has 0 unspecified atom stereocenters. The number of hydrogen-bond acceptors (Lipinski definition) is 2. The number of fused-ring (bicyclic) bond motifs is 1. The second kappa shape index (κ2) is 8.34. The van der Waals surface area contributed by atoms with Crippen LogP contribution in [0.1, 0.15) is 42.2 Å². The summed E-state index contributed by atoms with van der Waals surface area (Å²) < 4.78 is 0. The number of amides is 2. The van der Waals surface area contributed by atoms with Crippen LogP contribution in [0.5, 0.6) is 0 Å². The molecule has 0 spiro atoms. The Kier molecular flexibility index (Phi) is 5.69. The fraction of sp³-hybridized carbons (Fsp3) is 0.238. The molecule has 0 aliphatic carbocycles. The molecule has 5 nitrogen and oxygen atoms in total. The first-order chi connectivity index (χ1) is 12.7. The van der Waals surface area contributed by atoms with E-state index in [0.29, 0.717) is 24.2 Å². The summed E-state index contributed by atoms with van der Waals surface area (Å²) in [6.07, 6.45) is 2.38. The highest BCUT2D eigenvalue weighted by molar-refractivity contribution is 5.95. The molecule has 0 fully saturated rings.